The maximum atomic E-state index is 9.87. The Balaban J connectivity index is 1.34. The minimum Gasteiger partial charge on any atom is -0.506 e. The summed E-state index contributed by atoms with van der Waals surface area (Å²) in [6, 6.07) is 35.5. The van der Waals surface area contributed by atoms with Gasteiger partial charge in [-0.05, 0) is 68.8 Å². The molecule has 0 heterocycles. The Morgan fingerprint density at radius 3 is 0.765 bits per heavy atom. The molecule has 4 nitrogen and oxygen atoms in total. The number of hydrogen-bond donors (Lipinski definition) is 4. The van der Waals surface area contributed by atoms with Crippen molar-refractivity contribution >= 4 is 11.4 Å². The number of anilines is 2. The van der Waals surface area contributed by atoms with Gasteiger partial charge in [-0.1, -0.05) is 84.9 Å². The van der Waals surface area contributed by atoms with Crippen LogP contribution < -0.4 is 11.5 Å². The van der Waals surface area contributed by atoms with Gasteiger partial charge in [-0.25, -0.2) is 0 Å². The van der Waals surface area contributed by atoms with Gasteiger partial charge in [0, 0.05) is 0 Å². The molecule has 6 N–H and O–H groups in total. The maximum Gasteiger partial charge on any atom is 0.139 e. The molecule has 0 fully saturated rings. The standard InChI is InChI=1S/C30H24N2O2/c31-27-15-13-25(17-29(27)33)23-9-5-21(6-10-23)19-1-2-20(4-3-19)22-7-11-24(12-8-22)26-14-16-28(32)30(34)18-26/h1-18,33-34H,31-32H2. The molecule has 0 aliphatic heterocycles. The van der Waals surface area contributed by atoms with Gasteiger partial charge in [0.1, 0.15) is 11.5 Å². The Labute approximate surface area is 198 Å². The Kier molecular flexibility index (Phi) is 5.40. The molecule has 0 spiro atoms. The van der Waals surface area contributed by atoms with E-state index in [1.165, 1.54) is 0 Å². The molecule has 0 amide bonds. The van der Waals surface area contributed by atoms with Crippen molar-refractivity contribution in [3.05, 3.63) is 109 Å². The molecule has 34 heavy (non-hydrogen) atoms. The van der Waals surface area contributed by atoms with Crippen molar-refractivity contribution in [2.45, 2.75) is 0 Å². The summed E-state index contributed by atoms with van der Waals surface area (Å²) in [5.74, 6) is 0.189. The molecule has 166 valence electrons. The average molecular weight is 445 g/mol. The van der Waals surface area contributed by atoms with Crippen molar-refractivity contribution in [1.29, 1.82) is 0 Å². The van der Waals surface area contributed by atoms with Crippen LogP contribution in [-0.4, -0.2) is 10.2 Å². The number of benzene rings is 5. The molecule has 0 aliphatic carbocycles. The van der Waals surface area contributed by atoms with Crippen LogP contribution in [0.5, 0.6) is 11.5 Å². The highest BCUT2D eigenvalue weighted by molar-refractivity contribution is 5.76. The molecule has 0 atom stereocenters. The number of hydrogen-bond acceptors (Lipinski definition) is 4. The first kappa shape index (κ1) is 21.2. The number of phenolic OH excluding ortho intramolecular Hbond substituents is 2. The summed E-state index contributed by atoms with van der Waals surface area (Å²) in [6.45, 7) is 0. The van der Waals surface area contributed by atoms with E-state index < -0.39 is 0 Å². The van der Waals surface area contributed by atoms with Crippen LogP contribution in [0.15, 0.2) is 109 Å². The second-order valence-corrected chi connectivity index (χ2v) is 8.28. The molecule has 0 saturated carbocycles. The van der Waals surface area contributed by atoms with Crippen LogP contribution in [0.4, 0.5) is 11.4 Å². The Morgan fingerprint density at radius 2 is 0.529 bits per heavy atom. The lowest BCUT2D eigenvalue weighted by Crippen LogP contribution is -1.87. The van der Waals surface area contributed by atoms with E-state index >= 15 is 0 Å². The van der Waals surface area contributed by atoms with Gasteiger partial charge in [-0.2, -0.15) is 0 Å². The predicted octanol–water partition coefficient (Wildman–Crippen LogP) is 6.93. The first-order valence-electron chi connectivity index (χ1n) is 11.0. The first-order chi connectivity index (χ1) is 16.5. The number of nitrogens with two attached hydrogens (primary N) is 2. The van der Waals surface area contributed by atoms with Crippen molar-refractivity contribution in [2.24, 2.45) is 0 Å². The quantitative estimate of drug-likeness (QED) is 0.179. The number of rotatable bonds is 4. The van der Waals surface area contributed by atoms with E-state index in [4.69, 9.17) is 11.5 Å². The second kappa shape index (κ2) is 8.68. The monoisotopic (exact) mass is 444 g/mol. The number of nitrogen functional groups attached to an aromatic ring is 2. The lowest BCUT2D eigenvalue weighted by atomic mass is 9.97. The van der Waals surface area contributed by atoms with E-state index in [1.807, 2.05) is 36.4 Å². The lowest BCUT2D eigenvalue weighted by molar-refractivity contribution is 0.477. The summed E-state index contributed by atoms with van der Waals surface area (Å²) in [4.78, 5) is 0. The summed E-state index contributed by atoms with van der Waals surface area (Å²) < 4.78 is 0. The zero-order chi connectivity index (χ0) is 23.7. The van der Waals surface area contributed by atoms with Gasteiger partial charge in [0.05, 0.1) is 11.4 Å². The third-order valence-corrected chi connectivity index (χ3v) is 6.05. The summed E-state index contributed by atoms with van der Waals surface area (Å²) in [7, 11) is 0. The summed E-state index contributed by atoms with van der Waals surface area (Å²) in [5.41, 5.74) is 20.5. The van der Waals surface area contributed by atoms with E-state index in [1.54, 1.807) is 24.3 Å². The molecule has 5 aromatic rings. The van der Waals surface area contributed by atoms with Crippen LogP contribution in [0.25, 0.3) is 44.5 Å². The largest absolute Gasteiger partial charge is 0.506 e. The topological polar surface area (TPSA) is 92.5 Å². The highest BCUT2D eigenvalue weighted by atomic mass is 16.3. The predicted molar refractivity (Wildman–Crippen MR) is 140 cm³/mol. The number of phenols is 2. The van der Waals surface area contributed by atoms with E-state index in [-0.39, 0.29) is 11.5 Å². The van der Waals surface area contributed by atoms with Gasteiger partial charge < -0.3 is 21.7 Å². The van der Waals surface area contributed by atoms with Crippen LogP contribution in [-0.2, 0) is 0 Å². The first-order valence-corrected chi connectivity index (χ1v) is 11.0. The fraction of sp³-hybridized carbons (Fsp3) is 0. The van der Waals surface area contributed by atoms with Crippen LogP contribution in [0.1, 0.15) is 0 Å². The normalized spacial score (nSPS) is 10.8. The molecule has 0 aromatic heterocycles. The van der Waals surface area contributed by atoms with Crippen LogP contribution in [0, 0.1) is 0 Å². The van der Waals surface area contributed by atoms with Gasteiger partial charge in [-0.3, -0.25) is 0 Å². The van der Waals surface area contributed by atoms with E-state index in [0.29, 0.717) is 11.4 Å². The minimum atomic E-state index is 0.0943. The summed E-state index contributed by atoms with van der Waals surface area (Å²) >= 11 is 0. The average Bonchev–Trinajstić information content (AvgIpc) is 2.88. The molecule has 0 saturated heterocycles. The zero-order valence-corrected chi connectivity index (χ0v) is 18.4. The van der Waals surface area contributed by atoms with Gasteiger partial charge in [-0.15, -0.1) is 0 Å². The number of aromatic hydroxyl groups is 2. The molecule has 0 bridgehead atoms. The van der Waals surface area contributed by atoms with Crippen LogP contribution in [0.3, 0.4) is 0 Å². The van der Waals surface area contributed by atoms with Crippen molar-refractivity contribution in [2.75, 3.05) is 11.5 Å². The fourth-order valence-electron chi connectivity index (χ4n) is 4.01. The van der Waals surface area contributed by atoms with Crippen molar-refractivity contribution in [3.63, 3.8) is 0 Å². The zero-order valence-electron chi connectivity index (χ0n) is 18.4. The van der Waals surface area contributed by atoms with Crippen LogP contribution >= 0.6 is 0 Å². The fourth-order valence-corrected chi connectivity index (χ4v) is 4.01. The SMILES string of the molecule is Nc1ccc(-c2ccc(-c3ccc(-c4ccc(-c5ccc(N)c(O)c5)cc4)cc3)cc2)cc1O. The van der Waals surface area contributed by atoms with E-state index in [0.717, 1.165) is 44.5 Å². The maximum absolute atomic E-state index is 9.87. The van der Waals surface area contributed by atoms with Crippen molar-refractivity contribution < 1.29 is 10.2 Å². The van der Waals surface area contributed by atoms with Gasteiger partial charge >= 0.3 is 0 Å². The highest BCUT2D eigenvalue weighted by Gasteiger charge is 2.06. The smallest absolute Gasteiger partial charge is 0.139 e. The Morgan fingerprint density at radius 1 is 0.324 bits per heavy atom. The minimum absolute atomic E-state index is 0.0943. The van der Waals surface area contributed by atoms with Gasteiger partial charge in [0.25, 0.3) is 0 Å². The molecule has 0 aliphatic rings. The van der Waals surface area contributed by atoms with Gasteiger partial charge in [0.15, 0.2) is 0 Å². The molecular weight excluding hydrogens is 420 g/mol. The Hall–Kier alpha value is -4.70. The van der Waals surface area contributed by atoms with E-state index in [2.05, 4.69) is 48.5 Å². The molecule has 5 aromatic carbocycles. The van der Waals surface area contributed by atoms with Gasteiger partial charge in [0.2, 0.25) is 0 Å². The summed E-state index contributed by atoms with van der Waals surface area (Å²) in [5, 5.41) is 19.7. The molecule has 0 unspecified atom stereocenters. The van der Waals surface area contributed by atoms with E-state index in [9.17, 15) is 10.2 Å². The third-order valence-electron chi connectivity index (χ3n) is 6.05. The van der Waals surface area contributed by atoms with Crippen molar-refractivity contribution in [3.8, 4) is 56.0 Å². The molecule has 5 rings (SSSR count). The Bertz CT molecular complexity index is 1340. The van der Waals surface area contributed by atoms with Crippen LogP contribution in [0.2, 0.25) is 0 Å². The lowest BCUT2D eigenvalue weighted by Gasteiger charge is -2.09. The second-order valence-electron chi connectivity index (χ2n) is 8.28. The summed E-state index contributed by atoms with van der Waals surface area (Å²) in [6.07, 6.45) is 0. The van der Waals surface area contributed by atoms with Crippen molar-refractivity contribution in [1.82, 2.24) is 0 Å². The highest BCUT2D eigenvalue weighted by Crippen LogP contribution is 2.32. The molecular formula is C30H24N2O2. The molecule has 4 heteroatoms. The molecule has 0 radical (unpaired) electrons. The third kappa shape index (κ3) is 4.17.